The Balaban J connectivity index is 1.70. The molecule has 2 fully saturated rings. The van der Waals surface area contributed by atoms with Crippen LogP contribution in [0.5, 0.6) is 5.75 Å². The molecule has 1 saturated carbocycles. The number of carbonyl (C=O) groups excluding carboxylic acids is 1. The highest BCUT2D eigenvalue weighted by atomic mass is 16.5. The second-order valence-electron chi connectivity index (χ2n) is 5.81. The number of hydrogen-bond acceptors (Lipinski definition) is 4. The molecule has 1 heterocycles. The fraction of sp³-hybridized carbons (Fsp3) is 0.529. The molecule has 1 aromatic carbocycles. The fourth-order valence-electron chi connectivity index (χ4n) is 3.34. The smallest absolute Gasteiger partial charge is 0.263 e. The van der Waals surface area contributed by atoms with Crippen molar-refractivity contribution >= 4 is 5.91 Å². The lowest BCUT2D eigenvalue weighted by Gasteiger charge is -2.38. The first-order valence-electron chi connectivity index (χ1n) is 7.78. The third kappa shape index (κ3) is 2.79. The Morgan fingerprint density at radius 2 is 2.27 bits per heavy atom. The molecule has 5 heteroatoms. The summed E-state index contributed by atoms with van der Waals surface area (Å²) in [5.41, 5.74) is 0.447. The number of nitrogens with zero attached hydrogens (tertiary/aromatic N) is 2. The molecule has 0 aromatic heterocycles. The van der Waals surface area contributed by atoms with E-state index >= 15 is 0 Å². The first kappa shape index (κ1) is 14.9. The minimum atomic E-state index is -0.603. The molecule has 0 unspecified atom stereocenters. The van der Waals surface area contributed by atoms with E-state index in [0.29, 0.717) is 24.5 Å². The van der Waals surface area contributed by atoms with Crippen molar-refractivity contribution in [2.75, 3.05) is 13.2 Å². The summed E-state index contributed by atoms with van der Waals surface area (Å²) in [4.78, 5) is 14.6. The van der Waals surface area contributed by atoms with Crippen molar-refractivity contribution in [3.63, 3.8) is 0 Å². The number of rotatable bonds is 3. The normalized spacial score (nSPS) is 25.2. The van der Waals surface area contributed by atoms with Crippen LogP contribution in [0.3, 0.4) is 0 Å². The minimum Gasteiger partial charge on any atom is -0.480 e. The van der Waals surface area contributed by atoms with Gasteiger partial charge >= 0.3 is 0 Å². The van der Waals surface area contributed by atoms with Crippen LogP contribution >= 0.6 is 0 Å². The van der Waals surface area contributed by atoms with Crippen LogP contribution in [0.4, 0.5) is 0 Å². The van der Waals surface area contributed by atoms with Crippen LogP contribution in [-0.4, -0.2) is 42.2 Å². The summed E-state index contributed by atoms with van der Waals surface area (Å²) in [7, 11) is 0. The van der Waals surface area contributed by atoms with E-state index in [0.717, 1.165) is 19.3 Å². The van der Waals surface area contributed by atoms with Gasteiger partial charge in [-0.25, -0.2) is 0 Å². The van der Waals surface area contributed by atoms with Gasteiger partial charge in [-0.05, 0) is 38.3 Å². The van der Waals surface area contributed by atoms with Gasteiger partial charge in [-0.1, -0.05) is 12.1 Å². The number of para-hydroxylation sites is 1. The van der Waals surface area contributed by atoms with E-state index in [1.807, 2.05) is 4.90 Å². The Hall–Kier alpha value is -2.06. The number of morpholine rings is 1. The molecule has 1 aliphatic heterocycles. The van der Waals surface area contributed by atoms with Crippen LogP contribution in [0.1, 0.15) is 31.7 Å². The molecule has 22 heavy (non-hydrogen) atoms. The van der Waals surface area contributed by atoms with Crippen LogP contribution in [0.15, 0.2) is 24.3 Å². The average molecular weight is 300 g/mol. The molecule has 2 aliphatic rings. The van der Waals surface area contributed by atoms with Gasteiger partial charge in [-0.3, -0.25) is 4.79 Å². The second kappa shape index (κ2) is 6.37. The van der Waals surface area contributed by atoms with Gasteiger partial charge in [-0.15, -0.1) is 0 Å². The maximum Gasteiger partial charge on any atom is 0.263 e. The molecule has 1 aromatic rings. The molecule has 3 rings (SSSR count). The monoisotopic (exact) mass is 300 g/mol. The molecule has 5 nitrogen and oxygen atoms in total. The van der Waals surface area contributed by atoms with E-state index in [-0.39, 0.29) is 18.1 Å². The zero-order valence-corrected chi connectivity index (χ0v) is 12.7. The number of nitriles is 1. The highest BCUT2D eigenvalue weighted by Gasteiger charge is 2.40. The van der Waals surface area contributed by atoms with Gasteiger partial charge in [0.15, 0.2) is 6.10 Å². The van der Waals surface area contributed by atoms with E-state index < -0.39 is 6.10 Å². The Morgan fingerprint density at radius 1 is 1.45 bits per heavy atom. The van der Waals surface area contributed by atoms with Crippen molar-refractivity contribution in [2.24, 2.45) is 0 Å². The zero-order chi connectivity index (χ0) is 15.5. The predicted octanol–water partition coefficient (Wildman–Crippen LogP) is 2.11. The number of amides is 1. The Morgan fingerprint density at radius 3 is 3.09 bits per heavy atom. The molecule has 1 saturated heterocycles. The first-order chi connectivity index (χ1) is 10.7. The Bertz CT molecular complexity index is 596. The van der Waals surface area contributed by atoms with Crippen molar-refractivity contribution in [1.82, 2.24) is 4.90 Å². The van der Waals surface area contributed by atoms with Gasteiger partial charge in [0.25, 0.3) is 5.91 Å². The number of hydrogen-bond donors (Lipinski definition) is 0. The van der Waals surface area contributed by atoms with Gasteiger partial charge in [0, 0.05) is 6.54 Å². The van der Waals surface area contributed by atoms with Gasteiger partial charge in [0.1, 0.15) is 11.8 Å². The Kier molecular flexibility index (Phi) is 4.30. The Labute approximate surface area is 130 Å². The fourth-order valence-corrected chi connectivity index (χ4v) is 3.34. The summed E-state index contributed by atoms with van der Waals surface area (Å²) in [6.45, 7) is 2.96. The van der Waals surface area contributed by atoms with E-state index in [1.54, 1.807) is 31.2 Å². The molecule has 116 valence electrons. The number of carbonyl (C=O) groups is 1. The highest BCUT2D eigenvalue weighted by Crippen LogP contribution is 2.30. The lowest BCUT2D eigenvalue weighted by atomic mass is 10.1. The maximum atomic E-state index is 12.7. The van der Waals surface area contributed by atoms with E-state index in [2.05, 4.69) is 6.07 Å². The van der Waals surface area contributed by atoms with Crippen LogP contribution in [0, 0.1) is 11.3 Å². The van der Waals surface area contributed by atoms with Crippen molar-refractivity contribution < 1.29 is 14.3 Å². The van der Waals surface area contributed by atoms with Crippen molar-refractivity contribution in [3.05, 3.63) is 29.8 Å². The summed E-state index contributed by atoms with van der Waals surface area (Å²) >= 11 is 0. The lowest BCUT2D eigenvalue weighted by Crippen LogP contribution is -2.54. The number of fused-ring (bicyclic) bond motifs is 1. The van der Waals surface area contributed by atoms with Crippen LogP contribution in [0.2, 0.25) is 0 Å². The summed E-state index contributed by atoms with van der Waals surface area (Å²) in [5.74, 6) is 0.440. The highest BCUT2D eigenvalue weighted by molar-refractivity contribution is 5.81. The predicted molar refractivity (Wildman–Crippen MR) is 80.3 cm³/mol. The zero-order valence-electron chi connectivity index (χ0n) is 12.7. The number of benzene rings is 1. The molecular weight excluding hydrogens is 280 g/mol. The quantitative estimate of drug-likeness (QED) is 0.857. The summed E-state index contributed by atoms with van der Waals surface area (Å²) < 4.78 is 11.5. The molecule has 0 N–H and O–H groups in total. The van der Waals surface area contributed by atoms with Gasteiger partial charge in [-0.2, -0.15) is 5.26 Å². The average Bonchev–Trinajstić information content (AvgIpc) is 3.03. The molecule has 0 bridgehead atoms. The summed E-state index contributed by atoms with van der Waals surface area (Å²) in [5, 5.41) is 9.10. The van der Waals surface area contributed by atoms with Gasteiger partial charge in [0.05, 0.1) is 24.3 Å². The minimum absolute atomic E-state index is 0.0204. The van der Waals surface area contributed by atoms with Crippen molar-refractivity contribution in [2.45, 2.75) is 44.4 Å². The van der Waals surface area contributed by atoms with Gasteiger partial charge < -0.3 is 14.4 Å². The standard InChI is InChI=1S/C17H20N2O3/c1-12(22-15-7-3-2-5-13(15)11-18)17(20)19-9-10-21-16-8-4-6-14(16)19/h2-3,5,7,12,14,16H,4,6,8-10H2,1H3/t12-,14+,16+/m0/s1. The van der Waals surface area contributed by atoms with Crippen LogP contribution < -0.4 is 4.74 Å². The van der Waals surface area contributed by atoms with Crippen LogP contribution in [-0.2, 0) is 9.53 Å². The third-order valence-electron chi connectivity index (χ3n) is 4.42. The first-order valence-corrected chi connectivity index (χ1v) is 7.78. The molecule has 0 radical (unpaired) electrons. The molecule has 1 amide bonds. The summed E-state index contributed by atoms with van der Waals surface area (Å²) in [6, 6.07) is 9.26. The van der Waals surface area contributed by atoms with Crippen molar-refractivity contribution in [3.8, 4) is 11.8 Å². The van der Waals surface area contributed by atoms with Crippen molar-refractivity contribution in [1.29, 1.82) is 5.26 Å². The number of ether oxygens (including phenoxy) is 2. The molecule has 3 atom stereocenters. The van der Waals surface area contributed by atoms with E-state index in [4.69, 9.17) is 14.7 Å². The maximum absolute atomic E-state index is 12.7. The SMILES string of the molecule is C[C@H](Oc1ccccc1C#N)C(=O)N1CCO[C@@H]2CCC[C@H]21. The van der Waals surface area contributed by atoms with E-state index in [1.165, 1.54) is 0 Å². The summed E-state index contributed by atoms with van der Waals surface area (Å²) in [6.07, 6.45) is 2.70. The largest absolute Gasteiger partial charge is 0.480 e. The third-order valence-corrected chi connectivity index (χ3v) is 4.42. The molecule has 0 spiro atoms. The lowest BCUT2D eigenvalue weighted by molar-refractivity contribution is -0.150. The second-order valence-corrected chi connectivity index (χ2v) is 5.81. The molecule has 1 aliphatic carbocycles. The van der Waals surface area contributed by atoms with Gasteiger partial charge in [0.2, 0.25) is 0 Å². The topological polar surface area (TPSA) is 62.6 Å². The van der Waals surface area contributed by atoms with E-state index in [9.17, 15) is 4.79 Å². The molecular formula is C17H20N2O3. The van der Waals surface area contributed by atoms with Crippen LogP contribution in [0.25, 0.3) is 0 Å².